The monoisotopic (exact) mass is 457 g/mol. The lowest BCUT2D eigenvalue weighted by Crippen LogP contribution is -2.43. The normalized spacial score (nSPS) is 15.2. The minimum atomic E-state index is -0.298. The van der Waals surface area contributed by atoms with E-state index in [2.05, 4.69) is 28.3 Å². The molecule has 1 amide bonds. The molecule has 0 N–H and O–H groups in total. The Morgan fingerprint density at radius 1 is 1.06 bits per heavy atom. The van der Waals surface area contributed by atoms with Gasteiger partial charge in [-0.25, -0.2) is 9.78 Å². The number of hydrogen-bond acceptors (Lipinski definition) is 6. The first-order valence-corrected chi connectivity index (χ1v) is 11.7. The van der Waals surface area contributed by atoms with Crippen molar-refractivity contribution in [3.63, 3.8) is 0 Å². The zero-order chi connectivity index (χ0) is 23.5. The summed E-state index contributed by atoms with van der Waals surface area (Å²) < 4.78 is 13.3. The Bertz CT molecular complexity index is 1300. The van der Waals surface area contributed by atoms with E-state index in [0.717, 1.165) is 28.9 Å². The molecule has 0 saturated heterocycles. The van der Waals surface area contributed by atoms with Crippen molar-refractivity contribution < 1.29 is 14.3 Å². The summed E-state index contributed by atoms with van der Waals surface area (Å²) in [5.41, 5.74) is 4.23. The molecule has 3 heterocycles. The van der Waals surface area contributed by atoms with Gasteiger partial charge in [-0.2, -0.15) is 4.68 Å². The summed E-state index contributed by atoms with van der Waals surface area (Å²) in [5.74, 6) is 1.45. The number of amides is 1. The van der Waals surface area contributed by atoms with Crippen molar-refractivity contribution in [3.8, 4) is 11.5 Å². The van der Waals surface area contributed by atoms with Crippen LogP contribution in [0.1, 0.15) is 43.0 Å². The average molecular weight is 458 g/mol. The summed E-state index contributed by atoms with van der Waals surface area (Å²) in [5, 5.41) is 8.19. The standard InChI is InChI=1S/C26H27N5O3/c1-3-15-34-23-17-20-19(16-22(23)33-4-2)12-14-30(24(20)18-9-6-5-7-10-18)26(32)31-21-11-8-13-27-25(21)28-29-31/h5-11,13,16-17,24H,3-4,12,14-15H2,1-2H3. The third-order valence-electron chi connectivity index (χ3n) is 5.96. The van der Waals surface area contributed by atoms with Crippen molar-refractivity contribution in [1.29, 1.82) is 0 Å². The number of rotatable bonds is 6. The van der Waals surface area contributed by atoms with Crippen LogP contribution < -0.4 is 9.47 Å². The van der Waals surface area contributed by atoms with Crippen molar-refractivity contribution in [2.45, 2.75) is 32.7 Å². The summed E-state index contributed by atoms with van der Waals surface area (Å²) in [7, 11) is 0. The van der Waals surface area contributed by atoms with Crippen molar-refractivity contribution in [2.24, 2.45) is 0 Å². The molecule has 8 heteroatoms. The van der Waals surface area contributed by atoms with Gasteiger partial charge in [-0.1, -0.05) is 42.5 Å². The predicted molar refractivity (Wildman–Crippen MR) is 128 cm³/mol. The molecule has 0 aliphatic carbocycles. The van der Waals surface area contributed by atoms with Gasteiger partial charge < -0.3 is 14.4 Å². The van der Waals surface area contributed by atoms with E-state index >= 15 is 0 Å². The molecule has 4 aromatic rings. The number of nitrogens with zero attached hydrogens (tertiary/aromatic N) is 5. The first kappa shape index (κ1) is 21.9. The SMILES string of the molecule is CCCOc1cc2c(cc1OCC)CCN(C(=O)n1nnc3ncccc31)C2c1ccccc1. The highest BCUT2D eigenvalue weighted by Crippen LogP contribution is 2.41. The fourth-order valence-electron chi connectivity index (χ4n) is 4.45. The number of carbonyl (C=O) groups excluding carboxylic acids is 1. The molecule has 34 heavy (non-hydrogen) atoms. The van der Waals surface area contributed by atoms with Gasteiger partial charge in [-0.15, -0.1) is 5.10 Å². The molecule has 0 radical (unpaired) electrons. The number of aromatic nitrogens is 4. The summed E-state index contributed by atoms with van der Waals surface area (Å²) in [4.78, 5) is 19.9. The molecule has 0 saturated carbocycles. The molecule has 5 rings (SSSR count). The molecule has 0 spiro atoms. The number of carbonyl (C=O) groups is 1. The first-order valence-electron chi connectivity index (χ1n) is 11.7. The molecule has 1 aliphatic heterocycles. The minimum Gasteiger partial charge on any atom is -0.490 e. The Labute approximate surface area is 198 Å². The van der Waals surface area contributed by atoms with E-state index in [0.29, 0.717) is 43.1 Å². The lowest BCUT2D eigenvalue weighted by atomic mass is 9.88. The number of ether oxygens (including phenoxy) is 2. The van der Waals surface area contributed by atoms with Crippen molar-refractivity contribution in [1.82, 2.24) is 24.9 Å². The largest absolute Gasteiger partial charge is 0.490 e. The Kier molecular flexibility index (Phi) is 6.12. The van der Waals surface area contributed by atoms with Crippen LogP contribution in [0.25, 0.3) is 11.2 Å². The highest BCUT2D eigenvalue weighted by atomic mass is 16.5. The van der Waals surface area contributed by atoms with Crippen LogP contribution in [-0.4, -0.2) is 50.7 Å². The number of hydrogen-bond donors (Lipinski definition) is 0. The van der Waals surface area contributed by atoms with Crippen LogP contribution in [0.2, 0.25) is 0 Å². The maximum atomic E-state index is 13.8. The third-order valence-corrected chi connectivity index (χ3v) is 5.96. The Morgan fingerprint density at radius 3 is 2.68 bits per heavy atom. The van der Waals surface area contributed by atoms with E-state index in [1.54, 1.807) is 18.3 Å². The number of fused-ring (bicyclic) bond motifs is 2. The number of pyridine rings is 1. The molecule has 1 atom stereocenters. The van der Waals surface area contributed by atoms with Crippen molar-refractivity contribution in [3.05, 3.63) is 77.5 Å². The van der Waals surface area contributed by atoms with Gasteiger partial charge in [0.2, 0.25) is 5.65 Å². The van der Waals surface area contributed by atoms with Gasteiger partial charge in [0.25, 0.3) is 0 Å². The smallest absolute Gasteiger partial charge is 0.347 e. The fraction of sp³-hybridized carbons (Fsp3) is 0.308. The lowest BCUT2D eigenvalue weighted by molar-refractivity contribution is 0.178. The summed E-state index contributed by atoms with van der Waals surface area (Å²) in [6.45, 7) is 5.72. The third kappa shape index (κ3) is 3.96. The maximum Gasteiger partial charge on any atom is 0.347 e. The van der Waals surface area contributed by atoms with E-state index in [-0.39, 0.29) is 12.1 Å². The van der Waals surface area contributed by atoms with E-state index in [9.17, 15) is 4.79 Å². The highest BCUT2D eigenvalue weighted by molar-refractivity contribution is 5.87. The van der Waals surface area contributed by atoms with Gasteiger partial charge in [-0.3, -0.25) is 0 Å². The Morgan fingerprint density at radius 2 is 1.88 bits per heavy atom. The van der Waals surface area contributed by atoms with Gasteiger partial charge in [0.15, 0.2) is 11.5 Å². The molecular formula is C26H27N5O3. The van der Waals surface area contributed by atoms with E-state index < -0.39 is 0 Å². The zero-order valence-electron chi connectivity index (χ0n) is 19.3. The van der Waals surface area contributed by atoms with Crippen molar-refractivity contribution in [2.75, 3.05) is 19.8 Å². The van der Waals surface area contributed by atoms with Gasteiger partial charge in [0.1, 0.15) is 5.52 Å². The van der Waals surface area contributed by atoms with Crippen LogP contribution in [0, 0.1) is 0 Å². The number of benzene rings is 2. The molecule has 2 aromatic heterocycles. The van der Waals surface area contributed by atoms with Crippen LogP contribution in [0.15, 0.2) is 60.8 Å². The van der Waals surface area contributed by atoms with Gasteiger partial charge in [0, 0.05) is 12.7 Å². The minimum absolute atomic E-state index is 0.236. The molecule has 8 nitrogen and oxygen atoms in total. The summed E-state index contributed by atoms with van der Waals surface area (Å²) in [6.07, 6.45) is 3.23. The Balaban J connectivity index is 1.62. The van der Waals surface area contributed by atoms with E-state index in [4.69, 9.17) is 9.47 Å². The molecule has 0 bridgehead atoms. The van der Waals surface area contributed by atoms with Crippen LogP contribution in [0.3, 0.4) is 0 Å². The first-order chi connectivity index (χ1) is 16.7. The quantitative estimate of drug-likeness (QED) is 0.420. The Hall–Kier alpha value is -3.94. The van der Waals surface area contributed by atoms with E-state index in [1.807, 2.05) is 48.2 Å². The second kappa shape index (κ2) is 9.51. The fourth-order valence-corrected chi connectivity index (χ4v) is 4.45. The highest BCUT2D eigenvalue weighted by Gasteiger charge is 2.35. The van der Waals surface area contributed by atoms with E-state index in [1.165, 1.54) is 4.68 Å². The van der Waals surface area contributed by atoms with Crippen LogP contribution >= 0.6 is 0 Å². The van der Waals surface area contributed by atoms with Gasteiger partial charge >= 0.3 is 6.03 Å². The molecule has 174 valence electrons. The molecular weight excluding hydrogens is 430 g/mol. The summed E-state index contributed by atoms with van der Waals surface area (Å²) in [6, 6.07) is 17.2. The second-order valence-corrected chi connectivity index (χ2v) is 8.17. The van der Waals surface area contributed by atoms with Crippen LogP contribution in [0.4, 0.5) is 4.79 Å². The lowest BCUT2D eigenvalue weighted by Gasteiger charge is -2.37. The molecule has 1 aliphatic rings. The maximum absolute atomic E-state index is 13.8. The van der Waals surface area contributed by atoms with Gasteiger partial charge in [-0.05, 0) is 60.7 Å². The molecule has 0 fully saturated rings. The average Bonchev–Trinajstić information content (AvgIpc) is 3.31. The van der Waals surface area contributed by atoms with Crippen LogP contribution in [-0.2, 0) is 6.42 Å². The summed E-state index contributed by atoms with van der Waals surface area (Å²) >= 11 is 0. The van der Waals surface area contributed by atoms with Crippen molar-refractivity contribution >= 4 is 17.2 Å². The second-order valence-electron chi connectivity index (χ2n) is 8.17. The zero-order valence-corrected chi connectivity index (χ0v) is 19.3. The van der Waals surface area contributed by atoms with Gasteiger partial charge in [0.05, 0.1) is 19.3 Å². The topological polar surface area (TPSA) is 82.4 Å². The molecule has 2 aromatic carbocycles. The van der Waals surface area contributed by atoms with Crippen LogP contribution in [0.5, 0.6) is 11.5 Å². The predicted octanol–water partition coefficient (Wildman–Crippen LogP) is 4.63. The molecule has 1 unspecified atom stereocenters.